The van der Waals surface area contributed by atoms with Crippen molar-refractivity contribution in [3.8, 4) is 0 Å². The van der Waals surface area contributed by atoms with Crippen LogP contribution in [-0.4, -0.2) is 34.9 Å². The van der Waals surface area contributed by atoms with Gasteiger partial charge in [0.25, 0.3) is 0 Å². The van der Waals surface area contributed by atoms with E-state index in [1.165, 1.54) is 12.3 Å². The first-order valence-corrected chi connectivity index (χ1v) is 7.00. The number of rotatable bonds is 4. The van der Waals surface area contributed by atoms with Gasteiger partial charge in [0.1, 0.15) is 5.82 Å². The second kappa shape index (κ2) is 5.20. The van der Waals surface area contributed by atoms with Crippen LogP contribution in [-0.2, 0) is 11.0 Å². The summed E-state index contributed by atoms with van der Waals surface area (Å²) < 4.78 is 38.5. The van der Waals surface area contributed by atoms with Gasteiger partial charge in [-0.05, 0) is 25.0 Å². The molecule has 1 aliphatic carbocycles. The number of hydrogen-bond donors (Lipinski definition) is 1. The van der Waals surface area contributed by atoms with Crippen LogP contribution in [0, 0.1) is 5.92 Å². The Hall–Kier alpha value is -1.79. The maximum absolute atomic E-state index is 12.8. The third-order valence-corrected chi connectivity index (χ3v) is 3.90. The van der Waals surface area contributed by atoms with Crippen LogP contribution in [0.4, 0.5) is 19.0 Å². The van der Waals surface area contributed by atoms with E-state index >= 15 is 0 Å². The number of nitrogens with zero attached hydrogens (tertiary/aromatic N) is 2. The molecule has 7 heteroatoms. The number of halogens is 3. The number of carbonyl (C=O) groups excluding carboxylic acids is 1. The van der Waals surface area contributed by atoms with Gasteiger partial charge >= 0.3 is 6.18 Å². The van der Waals surface area contributed by atoms with Gasteiger partial charge in [-0.3, -0.25) is 4.79 Å². The number of hydrogen-bond acceptors (Lipinski definition) is 3. The lowest BCUT2D eigenvalue weighted by atomic mass is 10.1. The Morgan fingerprint density at radius 3 is 2.81 bits per heavy atom. The maximum Gasteiger partial charge on any atom is 0.419 e. The first kappa shape index (κ1) is 14.2. The molecular formula is C14H16F3N3O. The Kier molecular flexibility index (Phi) is 3.51. The summed E-state index contributed by atoms with van der Waals surface area (Å²) >= 11 is 0. The molecule has 0 radical (unpaired) electrons. The van der Waals surface area contributed by atoms with Gasteiger partial charge in [0.15, 0.2) is 0 Å². The molecule has 0 bridgehead atoms. The molecule has 1 N–H and O–H groups in total. The van der Waals surface area contributed by atoms with Crippen molar-refractivity contribution < 1.29 is 18.0 Å². The van der Waals surface area contributed by atoms with E-state index in [4.69, 9.17) is 0 Å². The largest absolute Gasteiger partial charge is 0.419 e. The Balaban J connectivity index is 1.62. The minimum Gasteiger partial charge on any atom is -0.369 e. The molecule has 1 saturated heterocycles. The van der Waals surface area contributed by atoms with Crippen molar-refractivity contribution in [2.24, 2.45) is 5.92 Å². The lowest BCUT2D eigenvalue weighted by Gasteiger charge is -2.17. The van der Waals surface area contributed by atoms with Gasteiger partial charge in [-0.1, -0.05) is 0 Å². The molecule has 1 aromatic rings. The van der Waals surface area contributed by atoms with Gasteiger partial charge in [-0.2, -0.15) is 13.2 Å². The molecule has 1 amide bonds. The third-order valence-electron chi connectivity index (χ3n) is 3.90. The predicted molar refractivity (Wildman–Crippen MR) is 70.6 cm³/mol. The van der Waals surface area contributed by atoms with Crippen LogP contribution in [0.15, 0.2) is 18.3 Å². The number of alkyl halides is 3. The number of carbonyl (C=O) groups is 1. The molecule has 2 aliphatic rings. The molecule has 0 spiro atoms. The van der Waals surface area contributed by atoms with E-state index in [0.29, 0.717) is 25.6 Å². The normalized spacial score (nSPS) is 22.7. The number of anilines is 1. The van der Waals surface area contributed by atoms with Crippen LogP contribution < -0.4 is 5.32 Å². The van der Waals surface area contributed by atoms with Crippen molar-refractivity contribution in [2.75, 3.05) is 18.4 Å². The highest BCUT2D eigenvalue weighted by molar-refractivity contribution is 5.79. The lowest BCUT2D eigenvalue weighted by Crippen LogP contribution is -2.28. The summed E-state index contributed by atoms with van der Waals surface area (Å²) in [6.45, 7) is 0.958. The average Bonchev–Trinajstić information content (AvgIpc) is 3.20. The van der Waals surface area contributed by atoms with Crippen LogP contribution in [0.3, 0.4) is 0 Å². The molecule has 0 aromatic carbocycles. The number of pyridine rings is 1. The summed E-state index contributed by atoms with van der Waals surface area (Å²) in [4.78, 5) is 17.4. The first-order valence-electron chi connectivity index (χ1n) is 7.00. The fourth-order valence-corrected chi connectivity index (χ4v) is 2.70. The summed E-state index contributed by atoms with van der Waals surface area (Å²) in [5, 5.41) is 2.75. The van der Waals surface area contributed by atoms with Crippen LogP contribution in [0.2, 0.25) is 0 Å². The summed E-state index contributed by atoms with van der Waals surface area (Å²) in [5.74, 6) is -0.00937. The van der Waals surface area contributed by atoms with Gasteiger partial charge in [-0.15, -0.1) is 0 Å². The zero-order valence-corrected chi connectivity index (χ0v) is 11.4. The van der Waals surface area contributed by atoms with Crippen molar-refractivity contribution in [3.05, 3.63) is 23.9 Å². The SMILES string of the molecule is O=C1C[C@H](CNc2ncccc2C(F)(F)F)CN1C1CC1. The Bertz CT molecular complexity index is 543. The molecule has 1 atom stereocenters. The number of nitrogens with one attached hydrogen (secondary N) is 1. The topological polar surface area (TPSA) is 45.2 Å². The molecule has 4 nitrogen and oxygen atoms in total. The maximum atomic E-state index is 12.8. The van der Waals surface area contributed by atoms with E-state index in [1.807, 2.05) is 4.90 Å². The lowest BCUT2D eigenvalue weighted by molar-refractivity contribution is -0.137. The van der Waals surface area contributed by atoms with Gasteiger partial charge in [0, 0.05) is 37.7 Å². The van der Waals surface area contributed by atoms with Gasteiger partial charge in [0.2, 0.25) is 5.91 Å². The number of amides is 1. The van der Waals surface area contributed by atoms with E-state index in [1.54, 1.807) is 0 Å². The zero-order valence-electron chi connectivity index (χ0n) is 11.4. The van der Waals surface area contributed by atoms with Gasteiger partial charge in [0.05, 0.1) is 5.56 Å². The monoisotopic (exact) mass is 299 g/mol. The van der Waals surface area contributed by atoms with Crippen molar-refractivity contribution in [2.45, 2.75) is 31.5 Å². The average molecular weight is 299 g/mol. The van der Waals surface area contributed by atoms with E-state index < -0.39 is 11.7 Å². The molecular weight excluding hydrogens is 283 g/mol. The van der Waals surface area contributed by atoms with Gasteiger partial charge in [-0.25, -0.2) is 4.98 Å². The van der Waals surface area contributed by atoms with Crippen molar-refractivity contribution in [1.29, 1.82) is 0 Å². The molecule has 1 aliphatic heterocycles. The summed E-state index contributed by atoms with van der Waals surface area (Å²) in [7, 11) is 0. The second-order valence-electron chi connectivity index (χ2n) is 5.63. The van der Waals surface area contributed by atoms with Crippen molar-refractivity contribution in [1.82, 2.24) is 9.88 Å². The minimum absolute atomic E-state index is 0.0428. The Morgan fingerprint density at radius 1 is 1.38 bits per heavy atom. The molecule has 21 heavy (non-hydrogen) atoms. The molecule has 1 saturated carbocycles. The van der Waals surface area contributed by atoms with Crippen molar-refractivity contribution in [3.63, 3.8) is 0 Å². The van der Waals surface area contributed by atoms with Crippen molar-refractivity contribution >= 4 is 11.7 Å². The molecule has 1 aromatic heterocycles. The second-order valence-corrected chi connectivity index (χ2v) is 5.63. The first-order chi connectivity index (χ1) is 9.95. The van der Waals surface area contributed by atoms with Crippen LogP contribution >= 0.6 is 0 Å². The molecule has 2 fully saturated rings. The third kappa shape index (κ3) is 3.11. The van der Waals surface area contributed by atoms with E-state index in [0.717, 1.165) is 18.9 Å². The summed E-state index contributed by atoms with van der Waals surface area (Å²) in [6.07, 6.45) is -0.609. The van der Waals surface area contributed by atoms with E-state index in [-0.39, 0.29) is 17.6 Å². The van der Waals surface area contributed by atoms with Crippen LogP contribution in [0.25, 0.3) is 0 Å². The molecule has 2 heterocycles. The molecule has 114 valence electrons. The summed E-state index contributed by atoms with van der Waals surface area (Å²) in [5.41, 5.74) is -0.770. The highest BCUT2D eigenvalue weighted by Gasteiger charge is 2.39. The number of likely N-dealkylation sites (tertiary alicyclic amines) is 1. The smallest absolute Gasteiger partial charge is 0.369 e. The zero-order chi connectivity index (χ0) is 15.0. The van der Waals surface area contributed by atoms with E-state index in [9.17, 15) is 18.0 Å². The Morgan fingerprint density at radius 2 is 2.14 bits per heavy atom. The quantitative estimate of drug-likeness (QED) is 0.929. The van der Waals surface area contributed by atoms with Crippen LogP contribution in [0.1, 0.15) is 24.8 Å². The summed E-state index contributed by atoms with van der Waals surface area (Å²) in [6, 6.07) is 2.64. The van der Waals surface area contributed by atoms with E-state index in [2.05, 4.69) is 10.3 Å². The fourth-order valence-electron chi connectivity index (χ4n) is 2.70. The predicted octanol–water partition coefficient (Wildman–Crippen LogP) is 2.52. The molecule has 3 rings (SSSR count). The standard InChI is InChI=1S/C14H16F3N3O/c15-14(16,17)11-2-1-5-18-13(11)19-7-9-6-12(21)20(8-9)10-3-4-10/h1-2,5,9-10H,3-4,6-8H2,(H,18,19)/t9-/m1/s1. The van der Waals surface area contributed by atoms with Crippen LogP contribution in [0.5, 0.6) is 0 Å². The molecule has 0 unspecified atom stereocenters. The van der Waals surface area contributed by atoms with Gasteiger partial charge < -0.3 is 10.2 Å². The fraction of sp³-hybridized carbons (Fsp3) is 0.571. The highest BCUT2D eigenvalue weighted by atomic mass is 19.4. The number of aromatic nitrogens is 1. The minimum atomic E-state index is -4.43. The Labute approximate surface area is 120 Å². The highest BCUT2D eigenvalue weighted by Crippen LogP contribution is 2.35.